The number of nitrogens with zero attached hydrogens (tertiary/aromatic N) is 2. The van der Waals surface area contributed by atoms with Crippen LogP contribution in [0.4, 0.5) is 5.69 Å². The van der Waals surface area contributed by atoms with E-state index >= 15 is 0 Å². The molecule has 2 saturated heterocycles. The number of hydrogen-bond donors (Lipinski definition) is 1. The summed E-state index contributed by atoms with van der Waals surface area (Å²) in [6.45, 7) is 4.13. The molecule has 30 heavy (non-hydrogen) atoms. The zero-order valence-corrected chi connectivity index (χ0v) is 19.2. The van der Waals surface area contributed by atoms with Crippen LogP contribution in [0.15, 0.2) is 18.2 Å². The van der Waals surface area contributed by atoms with Crippen LogP contribution in [-0.4, -0.2) is 52.1 Å². The van der Waals surface area contributed by atoms with E-state index in [1.807, 2.05) is 6.07 Å². The number of anilines is 1. The number of hydrogen-bond acceptors (Lipinski definition) is 5. The Morgan fingerprint density at radius 1 is 1.10 bits per heavy atom. The molecule has 1 unspecified atom stereocenters. The topological polar surface area (TPSA) is 86.8 Å². The molecule has 0 bridgehead atoms. The molecule has 8 heteroatoms. The minimum absolute atomic E-state index is 0.124. The summed E-state index contributed by atoms with van der Waals surface area (Å²) in [5, 5.41) is 2.23. The van der Waals surface area contributed by atoms with Gasteiger partial charge in [-0.25, -0.2) is 0 Å². The summed E-state index contributed by atoms with van der Waals surface area (Å²) >= 11 is 2.45. The van der Waals surface area contributed by atoms with Crippen LogP contribution in [0.2, 0.25) is 0 Å². The van der Waals surface area contributed by atoms with Crippen molar-refractivity contribution in [2.45, 2.75) is 51.5 Å². The maximum atomic E-state index is 13.0. The lowest BCUT2D eigenvalue weighted by Gasteiger charge is -2.42. The molecule has 0 saturated carbocycles. The van der Waals surface area contributed by atoms with Crippen molar-refractivity contribution in [2.75, 3.05) is 22.4 Å². The molecule has 0 aromatic heterocycles. The van der Waals surface area contributed by atoms with Gasteiger partial charge in [0.1, 0.15) is 6.04 Å². The van der Waals surface area contributed by atoms with Gasteiger partial charge in [0.15, 0.2) is 0 Å². The molecule has 2 fully saturated rings. The Labute approximate surface area is 189 Å². The summed E-state index contributed by atoms with van der Waals surface area (Å²) in [6.07, 6.45) is 4.96. The Hall–Kier alpha value is -1.97. The van der Waals surface area contributed by atoms with Gasteiger partial charge in [-0.3, -0.25) is 29.4 Å². The van der Waals surface area contributed by atoms with E-state index in [9.17, 15) is 19.2 Å². The number of fused-ring (bicyclic) bond motifs is 1. The molecule has 0 radical (unpaired) electrons. The van der Waals surface area contributed by atoms with Crippen molar-refractivity contribution in [1.29, 1.82) is 0 Å². The number of alkyl halides is 1. The molecule has 4 amide bonds. The molecule has 1 aromatic rings. The maximum absolute atomic E-state index is 13.0. The summed E-state index contributed by atoms with van der Waals surface area (Å²) in [7, 11) is 0. The van der Waals surface area contributed by atoms with E-state index in [-0.39, 0.29) is 18.7 Å². The summed E-state index contributed by atoms with van der Waals surface area (Å²) in [6, 6.07) is 4.46. The van der Waals surface area contributed by atoms with Crippen molar-refractivity contribution in [2.24, 2.45) is 5.41 Å². The van der Waals surface area contributed by atoms with Gasteiger partial charge in [0.05, 0.1) is 11.1 Å². The van der Waals surface area contributed by atoms with Crippen molar-refractivity contribution in [3.63, 3.8) is 0 Å². The predicted octanol–water partition coefficient (Wildman–Crippen LogP) is 2.91. The van der Waals surface area contributed by atoms with E-state index in [0.29, 0.717) is 16.5 Å². The highest BCUT2D eigenvalue weighted by atomic mass is 127. The Kier molecular flexibility index (Phi) is 5.87. The number of benzene rings is 1. The van der Waals surface area contributed by atoms with Crippen LogP contribution in [0.25, 0.3) is 0 Å². The van der Waals surface area contributed by atoms with Gasteiger partial charge in [-0.1, -0.05) is 35.9 Å². The number of nitrogens with one attached hydrogen (secondary N) is 1. The van der Waals surface area contributed by atoms with Crippen molar-refractivity contribution in [3.05, 3.63) is 29.3 Å². The van der Waals surface area contributed by atoms with Crippen molar-refractivity contribution >= 4 is 51.9 Å². The van der Waals surface area contributed by atoms with Gasteiger partial charge in [-0.05, 0) is 49.3 Å². The van der Waals surface area contributed by atoms with E-state index in [1.165, 1.54) is 12.8 Å². The molecule has 7 nitrogen and oxygen atoms in total. The highest BCUT2D eigenvalue weighted by Gasteiger charge is 2.45. The quantitative estimate of drug-likeness (QED) is 0.365. The van der Waals surface area contributed by atoms with E-state index < -0.39 is 23.8 Å². The van der Waals surface area contributed by atoms with Crippen molar-refractivity contribution in [1.82, 2.24) is 10.2 Å². The number of rotatable bonds is 5. The number of carbonyl (C=O) groups is 4. The standard InChI is InChI=1S/C22H26IN3O4/c1-2-22(7-10-23)8-11-25(12-9-22)14-3-4-15-16(13-14)21(30)26(20(15)29)17-5-6-18(27)24-19(17)28/h3-4,13,17H,2,5-12H2,1H3,(H,24,27,28). The van der Waals surface area contributed by atoms with E-state index in [4.69, 9.17) is 0 Å². The van der Waals surface area contributed by atoms with Gasteiger partial charge >= 0.3 is 0 Å². The van der Waals surface area contributed by atoms with Gasteiger partial charge in [0, 0.05) is 29.6 Å². The van der Waals surface area contributed by atoms with Gasteiger partial charge in [-0.15, -0.1) is 0 Å². The SMILES string of the molecule is CCC1(CCI)CCN(c2ccc3c(c2)C(=O)N(C2CCC(=O)NC2=O)C3=O)CC1. The largest absolute Gasteiger partial charge is 0.371 e. The van der Waals surface area contributed by atoms with Crippen molar-refractivity contribution < 1.29 is 19.2 Å². The lowest BCUT2D eigenvalue weighted by atomic mass is 9.74. The zero-order chi connectivity index (χ0) is 21.5. The smallest absolute Gasteiger partial charge is 0.262 e. The summed E-state index contributed by atoms with van der Waals surface area (Å²) in [4.78, 5) is 52.8. The third kappa shape index (κ3) is 3.63. The van der Waals surface area contributed by atoms with Crippen molar-refractivity contribution in [3.8, 4) is 0 Å². The van der Waals surface area contributed by atoms with Gasteiger partial charge in [0.25, 0.3) is 11.8 Å². The number of halogens is 1. The Bertz CT molecular complexity index is 908. The number of amides is 4. The van der Waals surface area contributed by atoms with Gasteiger partial charge in [-0.2, -0.15) is 0 Å². The fraction of sp³-hybridized carbons (Fsp3) is 0.545. The minimum Gasteiger partial charge on any atom is -0.371 e. The summed E-state index contributed by atoms with van der Waals surface area (Å²) < 4.78 is 1.16. The number of piperidine rings is 2. The second kappa shape index (κ2) is 8.28. The van der Waals surface area contributed by atoms with Crippen LogP contribution < -0.4 is 10.2 Å². The Balaban J connectivity index is 1.53. The van der Waals surface area contributed by atoms with E-state index in [0.717, 1.165) is 40.9 Å². The monoisotopic (exact) mass is 523 g/mol. The molecule has 3 aliphatic heterocycles. The van der Waals surface area contributed by atoms with Crippen LogP contribution in [0, 0.1) is 5.41 Å². The molecule has 0 aliphatic carbocycles. The fourth-order valence-electron chi connectivity index (χ4n) is 4.88. The third-order valence-electron chi connectivity index (χ3n) is 6.99. The first-order valence-corrected chi connectivity index (χ1v) is 12.1. The molecule has 1 aromatic carbocycles. The molecular formula is C22H26IN3O4. The summed E-state index contributed by atoms with van der Waals surface area (Å²) in [5.41, 5.74) is 2.03. The number of carbonyl (C=O) groups excluding carboxylic acids is 4. The average molecular weight is 523 g/mol. The first-order chi connectivity index (χ1) is 14.4. The number of imide groups is 2. The first-order valence-electron chi connectivity index (χ1n) is 10.6. The van der Waals surface area contributed by atoms with Crippen LogP contribution in [-0.2, 0) is 9.59 Å². The maximum Gasteiger partial charge on any atom is 0.262 e. The first kappa shape index (κ1) is 21.3. The molecule has 1 atom stereocenters. The highest BCUT2D eigenvalue weighted by molar-refractivity contribution is 14.1. The van der Waals surface area contributed by atoms with Crippen LogP contribution in [0.3, 0.4) is 0 Å². The third-order valence-corrected chi connectivity index (χ3v) is 7.53. The van der Waals surface area contributed by atoms with Crippen LogP contribution >= 0.6 is 22.6 Å². The van der Waals surface area contributed by atoms with E-state index in [2.05, 4.69) is 39.7 Å². The zero-order valence-electron chi connectivity index (χ0n) is 17.1. The fourth-order valence-corrected chi connectivity index (χ4v) is 6.02. The van der Waals surface area contributed by atoms with E-state index in [1.54, 1.807) is 12.1 Å². The molecule has 4 rings (SSSR count). The molecular weight excluding hydrogens is 497 g/mol. The average Bonchev–Trinajstić information content (AvgIpc) is 2.99. The lowest BCUT2D eigenvalue weighted by Crippen LogP contribution is -2.54. The summed E-state index contributed by atoms with van der Waals surface area (Å²) in [5.74, 6) is -1.85. The van der Waals surface area contributed by atoms with Crippen LogP contribution in [0.1, 0.15) is 66.2 Å². The normalized spacial score (nSPS) is 23.6. The van der Waals surface area contributed by atoms with Crippen LogP contribution in [0.5, 0.6) is 0 Å². The Morgan fingerprint density at radius 2 is 1.80 bits per heavy atom. The highest BCUT2D eigenvalue weighted by Crippen LogP contribution is 2.40. The molecule has 1 N–H and O–H groups in total. The molecule has 160 valence electrons. The molecule has 3 aliphatic rings. The molecule has 0 spiro atoms. The van der Waals surface area contributed by atoms with Gasteiger partial charge < -0.3 is 4.90 Å². The Morgan fingerprint density at radius 3 is 2.43 bits per heavy atom. The van der Waals surface area contributed by atoms with Gasteiger partial charge in [0.2, 0.25) is 11.8 Å². The minimum atomic E-state index is -0.924. The predicted molar refractivity (Wildman–Crippen MR) is 121 cm³/mol. The second-order valence-electron chi connectivity index (χ2n) is 8.46. The molecule has 3 heterocycles. The second-order valence-corrected chi connectivity index (χ2v) is 9.54. The lowest BCUT2D eigenvalue weighted by molar-refractivity contribution is -0.136.